The Balaban J connectivity index is 1.48. The van der Waals surface area contributed by atoms with Crippen LogP contribution in [0, 0.1) is 5.95 Å². The zero-order valence-corrected chi connectivity index (χ0v) is 25.9. The van der Waals surface area contributed by atoms with Gasteiger partial charge in [0.25, 0.3) is 0 Å². The van der Waals surface area contributed by atoms with Crippen LogP contribution < -0.4 is 10.6 Å². The number of halogens is 1. The van der Waals surface area contributed by atoms with Crippen LogP contribution in [0.25, 0.3) is 16.7 Å². The number of pyridine rings is 1. The van der Waals surface area contributed by atoms with E-state index in [2.05, 4.69) is 76.9 Å². The van der Waals surface area contributed by atoms with Gasteiger partial charge in [0.15, 0.2) is 0 Å². The van der Waals surface area contributed by atoms with Crippen molar-refractivity contribution in [2.75, 3.05) is 25.1 Å². The van der Waals surface area contributed by atoms with Gasteiger partial charge in [-0.05, 0) is 118 Å². The molecule has 0 amide bonds. The van der Waals surface area contributed by atoms with E-state index < -0.39 is 5.95 Å². The van der Waals surface area contributed by atoms with E-state index in [4.69, 9.17) is 4.99 Å². The number of nitrogens with zero attached hydrogens (tertiary/aromatic N) is 4. The molecule has 3 aromatic rings. The highest BCUT2D eigenvalue weighted by atomic mass is 19.1. The normalized spacial score (nSPS) is 15.3. The Morgan fingerprint density at radius 2 is 1.91 bits per heavy atom. The van der Waals surface area contributed by atoms with Crippen LogP contribution in [0.4, 0.5) is 10.1 Å². The van der Waals surface area contributed by atoms with Crippen molar-refractivity contribution in [1.29, 1.82) is 0 Å². The maximum absolute atomic E-state index is 14.2. The summed E-state index contributed by atoms with van der Waals surface area (Å²) in [5, 5.41) is 17.4. The average Bonchev–Trinajstić information content (AvgIpc) is 3.03. The molecule has 1 aliphatic heterocycles. The van der Waals surface area contributed by atoms with Crippen LogP contribution in [0.3, 0.4) is 0 Å². The van der Waals surface area contributed by atoms with Gasteiger partial charge in [-0.25, -0.2) is 9.98 Å². The van der Waals surface area contributed by atoms with Gasteiger partial charge in [-0.15, -0.1) is 0 Å². The highest BCUT2D eigenvalue weighted by molar-refractivity contribution is 6.03. The first-order chi connectivity index (χ1) is 21.3. The van der Waals surface area contributed by atoms with Crippen LogP contribution in [0.2, 0.25) is 0 Å². The maximum atomic E-state index is 14.2. The van der Waals surface area contributed by atoms with E-state index in [1.165, 1.54) is 24.6 Å². The summed E-state index contributed by atoms with van der Waals surface area (Å²) in [6.07, 6.45) is 9.47. The van der Waals surface area contributed by atoms with E-state index in [1.54, 1.807) is 42.7 Å². The van der Waals surface area contributed by atoms with Gasteiger partial charge in [-0.2, -0.15) is 4.39 Å². The molecule has 2 heterocycles. The minimum atomic E-state index is -0.587. The summed E-state index contributed by atoms with van der Waals surface area (Å²) in [6, 6.07) is 17.7. The molecule has 0 radical (unpaired) electrons. The van der Waals surface area contributed by atoms with Crippen molar-refractivity contribution in [2.45, 2.75) is 52.0 Å². The number of rotatable bonds is 12. The fourth-order valence-corrected chi connectivity index (χ4v) is 5.54. The molecule has 1 aromatic heterocycles. The Kier molecular flexibility index (Phi) is 11.6. The number of phenols is 1. The molecule has 0 saturated carbocycles. The summed E-state index contributed by atoms with van der Waals surface area (Å²) in [5.41, 5.74) is 5.38. The number of aromatic nitrogens is 1. The smallest absolute Gasteiger partial charge is 0.220 e. The third-order valence-electron chi connectivity index (χ3n) is 8.03. The lowest BCUT2D eigenvalue weighted by Gasteiger charge is -2.34. The summed E-state index contributed by atoms with van der Waals surface area (Å²) in [6.45, 7) is 16.6. The molecular weight excluding hydrogens is 551 g/mol. The van der Waals surface area contributed by atoms with E-state index in [-0.39, 0.29) is 5.75 Å². The lowest BCUT2D eigenvalue weighted by Crippen LogP contribution is -2.37. The monoisotopic (exact) mass is 594 g/mol. The standard InChI is InChI=1S/C36H43FN6O/c1-6-26(32-15-12-29(22-34(32)44)33-9-8-18-40-35(33)37)21-30(23-38-5)36(39-7-2)42-24-41-31-13-10-27(11-14-31)28-16-19-43(20-17-28)25(3)4/h7-15,18,21-23,25,28,41,44H,2,5-6,16-17,19-20,24H2,1,3-4H3,(H,39,42)/b26-21+,30-23-. The number of benzene rings is 2. The molecule has 1 fully saturated rings. The fraction of sp³-hybridized carbons (Fsp3) is 0.306. The molecule has 1 saturated heterocycles. The second-order valence-electron chi connectivity index (χ2n) is 11.1. The molecule has 0 bridgehead atoms. The van der Waals surface area contributed by atoms with Gasteiger partial charge >= 0.3 is 0 Å². The van der Waals surface area contributed by atoms with Crippen LogP contribution in [0.15, 0.2) is 101 Å². The Hall–Kier alpha value is -4.56. The van der Waals surface area contributed by atoms with Crippen LogP contribution in [0.1, 0.15) is 57.1 Å². The summed E-state index contributed by atoms with van der Waals surface area (Å²) in [5.74, 6) is 0.603. The van der Waals surface area contributed by atoms with Crippen LogP contribution in [0.5, 0.6) is 5.75 Å². The molecule has 3 N–H and O–H groups in total. The first kappa shape index (κ1) is 32.4. The van der Waals surface area contributed by atoms with E-state index in [0.29, 0.717) is 53.1 Å². The Bertz CT molecular complexity index is 1520. The van der Waals surface area contributed by atoms with E-state index in [1.807, 2.05) is 13.0 Å². The molecule has 7 nitrogen and oxygen atoms in total. The molecule has 1 aliphatic rings. The fourth-order valence-electron chi connectivity index (χ4n) is 5.54. The van der Waals surface area contributed by atoms with Crippen LogP contribution in [-0.4, -0.2) is 53.3 Å². The Labute approximate surface area is 260 Å². The van der Waals surface area contributed by atoms with Gasteiger partial charge in [0.1, 0.15) is 18.3 Å². The Morgan fingerprint density at radius 3 is 2.52 bits per heavy atom. The van der Waals surface area contributed by atoms with Crippen molar-refractivity contribution < 1.29 is 9.50 Å². The van der Waals surface area contributed by atoms with Crippen LogP contribution >= 0.6 is 0 Å². The molecular formula is C36H43FN6O. The van der Waals surface area contributed by atoms with Gasteiger partial charge < -0.3 is 20.6 Å². The molecule has 0 unspecified atom stereocenters. The number of nitrogens with one attached hydrogen (secondary N) is 2. The molecule has 2 aromatic carbocycles. The summed E-state index contributed by atoms with van der Waals surface area (Å²) in [7, 11) is 0. The lowest BCUT2D eigenvalue weighted by molar-refractivity contribution is 0.172. The first-order valence-electron chi connectivity index (χ1n) is 15.2. The zero-order valence-electron chi connectivity index (χ0n) is 25.9. The second-order valence-corrected chi connectivity index (χ2v) is 11.1. The van der Waals surface area contributed by atoms with Gasteiger partial charge in [0.2, 0.25) is 5.95 Å². The molecule has 0 spiro atoms. The van der Waals surface area contributed by atoms with Crippen molar-refractivity contribution in [3.63, 3.8) is 0 Å². The van der Waals surface area contributed by atoms with Crippen molar-refractivity contribution >= 4 is 23.8 Å². The highest BCUT2D eigenvalue weighted by Crippen LogP contribution is 2.33. The SMILES string of the molecule is C=CNC(=N/CNc1ccc(C2CCN(C(C)C)CC2)cc1)/C(=C\N=C)/C=C(\CC)c1ccc(-c2cccnc2F)cc1O. The van der Waals surface area contributed by atoms with Crippen molar-refractivity contribution in [2.24, 2.45) is 9.98 Å². The molecule has 8 heteroatoms. The number of aromatic hydroxyl groups is 1. The lowest BCUT2D eigenvalue weighted by atomic mass is 9.89. The van der Waals surface area contributed by atoms with E-state index in [9.17, 15) is 9.50 Å². The van der Waals surface area contributed by atoms with Crippen molar-refractivity contribution in [1.82, 2.24) is 15.2 Å². The minimum Gasteiger partial charge on any atom is -0.507 e. The zero-order chi connectivity index (χ0) is 31.5. The van der Waals surface area contributed by atoms with Gasteiger partial charge in [-0.1, -0.05) is 37.8 Å². The maximum Gasteiger partial charge on any atom is 0.220 e. The second kappa shape index (κ2) is 15.8. The average molecular weight is 595 g/mol. The van der Waals surface area contributed by atoms with E-state index in [0.717, 1.165) is 24.4 Å². The molecule has 0 aliphatic carbocycles. The van der Waals surface area contributed by atoms with Gasteiger partial charge in [0, 0.05) is 40.8 Å². The molecule has 4 rings (SSSR count). The predicted molar refractivity (Wildman–Crippen MR) is 182 cm³/mol. The number of likely N-dealkylation sites (tertiary alicyclic amines) is 1. The number of hydrogen-bond acceptors (Lipinski definition) is 6. The quantitative estimate of drug-likeness (QED) is 0.0864. The van der Waals surface area contributed by atoms with Crippen LogP contribution in [-0.2, 0) is 0 Å². The first-order valence-corrected chi connectivity index (χ1v) is 15.2. The topological polar surface area (TPSA) is 85.1 Å². The largest absolute Gasteiger partial charge is 0.507 e. The molecule has 0 atom stereocenters. The predicted octanol–water partition coefficient (Wildman–Crippen LogP) is 7.76. The minimum absolute atomic E-state index is 0.0375. The number of allylic oxidation sites excluding steroid dienone is 1. The molecule has 230 valence electrons. The number of amidine groups is 1. The third-order valence-corrected chi connectivity index (χ3v) is 8.03. The van der Waals surface area contributed by atoms with Crippen molar-refractivity contribution in [3.8, 4) is 16.9 Å². The van der Waals surface area contributed by atoms with Gasteiger partial charge in [-0.3, -0.25) is 4.99 Å². The summed E-state index contributed by atoms with van der Waals surface area (Å²) in [4.78, 5) is 15.0. The van der Waals surface area contributed by atoms with Crippen molar-refractivity contribution in [3.05, 3.63) is 108 Å². The van der Waals surface area contributed by atoms with Gasteiger partial charge in [0.05, 0.1) is 0 Å². The summed E-state index contributed by atoms with van der Waals surface area (Å²) < 4.78 is 14.2. The summed E-state index contributed by atoms with van der Waals surface area (Å²) >= 11 is 0. The molecule has 44 heavy (non-hydrogen) atoms. The number of anilines is 1. The highest BCUT2D eigenvalue weighted by Gasteiger charge is 2.22. The number of aliphatic imine (C=N–C) groups is 2. The number of hydrogen-bond donors (Lipinski definition) is 3. The third kappa shape index (κ3) is 8.29. The number of piperidine rings is 1. The number of phenolic OH excluding ortho intramolecular Hbond substituents is 1. The van der Waals surface area contributed by atoms with E-state index >= 15 is 0 Å². The Morgan fingerprint density at radius 1 is 1.16 bits per heavy atom.